The zero-order valence-corrected chi connectivity index (χ0v) is 11.1. The second kappa shape index (κ2) is 5.65. The van der Waals surface area contributed by atoms with Gasteiger partial charge in [0.15, 0.2) is 0 Å². The van der Waals surface area contributed by atoms with Crippen molar-refractivity contribution < 1.29 is 0 Å². The Morgan fingerprint density at radius 2 is 2.38 bits per heavy atom. The molecule has 0 saturated heterocycles. The molecule has 1 aliphatic carbocycles. The SMILES string of the molecule is CCCNC(C1=CCCC1)c1sccc1C. The van der Waals surface area contributed by atoms with Gasteiger partial charge in [-0.1, -0.05) is 18.6 Å². The zero-order valence-electron chi connectivity index (χ0n) is 10.3. The molecule has 1 atom stereocenters. The van der Waals surface area contributed by atoms with Gasteiger partial charge < -0.3 is 5.32 Å². The van der Waals surface area contributed by atoms with Crippen molar-refractivity contribution in [2.75, 3.05) is 6.54 Å². The summed E-state index contributed by atoms with van der Waals surface area (Å²) in [4.78, 5) is 1.52. The summed E-state index contributed by atoms with van der Waals surface area (Å²) in [7, 11) is 0. The molecule has 16 heavy (non-hydrogen) atoms. The minimum absolute atomic E-state index is 0.488. The van der Waals surface area contributed by atoms with E-state index < -0.39 is 0 Å². The molecule has 1 heterocycles. The second-order valence-electron chi connectivity index (χ2n) is 4.53. The molecule has 1 nitrogen and oxygen atoms in total. The molecule has 2 rings (SSSR count). The molecule has 2 heteroatoms. The Morgan fingerprint density at radius 3 is 2.94 bits per heavy atom. The maximum atomic E-state index is 3.70. The first-order valence-electron chi connectivity index (χ1n) is 6.29. The molecule has 1 unspecified atom stereocenters. The van der Waals surface area contributed by atoms with E-state index in [1.165, 1.54) is 36.1 Å². The Hall–Kier alpha value is -0.600. The van der Waals surface area contributed by atoms with Gasteiger partial charge in [-0.25, -0.2) is 0 Å². The largest absolute Gasteiger partial charge is 0.306 e. The lowest BCUT2D eigenvalue weighted by Gasteiger charge is -2.20. The molecule has 1 N–H and O–H groups in total. The van der Waals surface area contributed by atoms with Gasteiger partial charge in [0.25, 0.3) is 0 Å². The fourth-order valence-electron chi connectivity index (χ4n) is 2.32. The van der Waals surface area contributed by atoms with E-state index in [9.17, 15) is 0 Å². The standard InChI is InChI=1S/C14H21NS/c1-3-9-15-13(12-6-4-5-7-12)14-11(2)8-10-16-14/h6,8,10,13,15H,3-5,7,9H2,1-2H3. The molecule has 1 aromatic rings. The molecule has 0 amide bonds. The number of hydrogen-bond acceptors (Lipinski definition) is 2. The highest BCUT2D eigenvalue weighted by Gasteiger charge is 2.20. The Balaban J connectivity index is 2.17. The van der Waals surface area contributed by atoms with Gasteiger partial charge in [0, 0.05) is 4.88 Å². The Bertz CT molecular complexity index is 365. The van der Waals surface area contributed by atoms with Crippen molar-refractivity contribution in [1.82, 2.24) is 5.32 Å². The van der Waals surface area contributed by atoms with E-state index in [2.05, 4.69) is 36.7 Å². The second-order valence-corrected chi connectivity index (χ2v) is 5.47. The maximum absolute atomic E-state index is 3.70. The zero-order chi connectivity index (χ0) is 11.4. The van der Waals surface area contributed by atoms with Gasteiger partial charge in [0.2, 0.25) is 0 Å². The average molecular weight is 235 g/mol. The van der Waals surface area contributed by atoms with Gasteiger partial charge in [-0.3, -0.25) is 0 Å². The van der Waals surface area contributed by atoms with Crippen molar-refractivity contribution >= 4 is 11.3 Å². The number of rotatable bonds is 5. The maximum Gasteiger partial charge on any atom is 0.0633 e. The molecule has 0 radical (unpaired) electrons. The van der Waals surface area contributed by atoms with Crippen LogP contribution in [0.1, 0.15) is 49.1 Å². The van der Waals surface area contributed by atoms with Crippen molar-refractivity contribution in [2.45, 2.75) is 45.6 Å². The molecule has 1 aliphatic rings. The monoisotopic (exact) mass is 235 g/mol. The van der Waals surface area contributed by atoms with Crippen LogP contribution in [0.3, 0.4) is 0 Å². The quantitative estimate of drug-likeness (QED) is 0.754. The minimum atomic E-state index is 0.488. The molecule has 0 aliphatic heterocycles. The average Bonchev–Trinajstić information content (AvgIpc) is 2.91. The van der Waals surface area contributed by atoms with Gasteiger partial charge in [-0.2, -0.15) is 0 Å². The fourth-order valence-corrected chi connectivity index (χ4v) is 3.36. The first kappa shape index (κ1) is 11.9. The summed E-state index contributed by atoms with van der Waals surface area (Å²) in [6, 6.07) is 2.72. The first-order valence-corrected chi connectivity index (χ1v) is 7.17. The fraction of sp³-hybridized carbons (Fsp3) is 0.571. The van der Waals surface area contributed by atoms with E-state index in [1.54, 1.807) is 5.57 Å². The lowest BCUT2D eigenvalue weighted by atomic mass is 10.0. The lowest BCUT2D eigenvalue weighted by molar-refractivity contribution is 0.584. The summed E-state index contributed by atoms with van der Waals surface area (Å²) in [6.45, 7) is 5.57. The van der Waals surface area contributed by atoms with Gasteiger partial charge in [0.05, 0.1) is 6.04 Å². The van der Waals surface area contributed by atoms with Gasteiger partial charge >= 0.3 is 0 Å². The topological polar surface area (TPSA) is 12.0 Å². The molecule has 1 aromatic heterocycles. The van der Waals surface area contributed by atoms with Crippen LogP contribution in [0.5, 0.6) is 0 Å². The Labute approximate surface area is 103 Å². The number of thiophene rings is 1. The predicted octanol–water partition coefficient (Wildman–Crippen LogP) is 4.21. The van der Waals surface area contributed by atoms with Crippen LogP contribution in [0.4, 0.5) is 0 Å². The highest BCUT2D eigenvalue weighted by Crippen LogP contribution is 2.34. The van der Waals surface area contributed by atoms with E-state index in [0.717, 1.165) is 6.54 Å². The van der Waals surface area contributed by atoms with E-state index >= 15 is 0 Å². The molecular formula is C14H21NS. The molecule has 0 aromatic carbocycles. The highest BCUT2D eigenvalue weighted by molar-refractivity contribution is 7.10. The summed E-state index contributed by atoms with van der Waals surface area (Å²) in [5, 5.41) is 5.91. The molecule has 0 saturated carbocycles. The van der Waals surface area contributed by atoms with Crippen LogP contribution < -0.4 is 5.32 Å². The van der Waals surface area contributed by atoms with Crippen molar-refractivity contribution in [1.29, 1.82) is 0 Å². The summed E-state index contributed by atoms with van der Waals surface area (Å²) >= 11 is 1.89. The number of allylic oxidation sites excluding steroid dienone is 1. The van der Waals surface area contributed by atoms with Crippen LogP contribution in [0.25, 0.3) is 0 Å². The van der Waals surface area contributed by atoms with Gasteiger partial charge in [-0.15, -0.1) is 11.3 Å². The highest BCUT2D eigenvalue weighted by atomic mass is 32.1. The number of nitrogens with one attached hydrogen (secondary N) is 1. The third kappa shape index (κ3) is 2.55. The Kier molecular flexibility index (Phi) is 4.19. The minimum Gasteiger partial charge on any atom is -0.306 e. The predicted molar refractivity (Wildman–Crippen MR) is 72.0 cm³/mol. The van der Waals surface area contributed by atoms with Crippen LogP contribution in [0.15, 0.2) is 23.1 Å². The van der Waals surface area contributed by atoms with Gasteiger partial charge in [0.1, 0.15) is 0 Å². The Morgan fingerprint density at radius 1 is 1.50 bits per heavy atom. The summed E-state index contributed by atoms with van der Waals surface area (Å²) in [6.07, 6.45) is 7.52. The smallest absolute Gasteiger partial charge is 0.0633 e. The van der Waals surface area contributed by atoms with Gasteiger partial charge in [-0.05, 0) is 56.2 Å². The van der Waals surface area contributed by atoms with Crippen LogP contribution in [-0.2, 0) is 0 Å². The number of hydrogen-bond donors (Lipinski definition) is 1. The van der Waals surface area contributed by atoms with Crippen molar-refractivity contribution in [3.8, 4) is 0 Å². The molecule has 0 fully saturated rings. The molecule has 0 bridgehead atoms. The van der Waals surface area contributed by atoms with Crippen molar-refractivity contribution in [3.05, 3.63) is 33.5 Å². The van der Waals surface area contributed by atoms with Crippen LogP contribution in [0.2, 0.25) is 0 Å². The van der Waals surface area contributed by atoms with E-state index in [0.29, 0.717) is 6.04 Å². The van der Waals surface area contributed by atoms with Crippen molar-refractivity contribution in [2.24, 2.45) is 0 Å². The first-order chi connectivity index (χ1) is 7.83. The summed E-state index contributed by atoms with van der Waals surface area (Å²) in [5.74, 6) is 0. The summed E-state index contributed by atoms with van der Waals surface area (Å²) in [5.41, 5.74) is 3.05. The molecule has 0 spiro atoms. The normalized spacial score (nSPS) is 17.5. The molecular weight excluding hydrogens is 214 g/mol. The lowest BCUT2D eigenvalue weighted by Crippen LogP contribution is -2.23. The van der Waals surface area contributed by atoms with E-state index in [-0.39, 0.29) is 0 Å². The van der Waals surface area contributed by atoms with Crippen LogP contribution >= 0.6 is 11.3 Å². The third-order valence-corrected chi connectivity index (χ3v) is 4.29. The summed E-state index contributed by atoms with van der Waals surface area (Å²) < 4.78 is 0. The third-order valence-electron chi connectivity index (χ3n) is 3.21. The molecule has 88 valence electrons. The van der Waals surface area contributed by atoms with E-state index in [1.807, 2.05) is 11.3 Å². The van der Waals surface area contributed by atoms with Crippen LogP contribution in [0, 0.1) is 6.92 Å². The van der Waals surface area contributed by atoms with E-state index in [4.69, 9.17) is 0 Å². The number of aryl methyl sites for hydroxylation is 1. The van der Waals surface area contributed by atoms with Crippen molar-refractivity contribution in [3.63, 3.8) is 0 Å². The van der Waals surface area contributed by atoms with Crippen LogP contribution in [-0.4, -0.2) is 6.54 Å².